The molecule has 21 heavy (non-hydrogen) atoms. The molecule has 0 saturated carbocycles. The number of nitrogens with zero attached hydrogens (tertiary/aromatic N) is 2. The Morgan fingerprint density at radius 3 is 2.57 bits per heavy atom. The van der Waals surface area contributed by atoms with Crippen LogP contribution in [0.4, 0.5) is 0 Å². The molecule has 0 bridgehead atoms. The molecule has 3 amide bonds. The molecule has 0 radical (unpaired) electrons. The van der Waals surface area contributed by atoms with Gasteiger partial charge in [-0.25, -0.2) is 4.68 Å². The summed E-state index contributed by atoms with van der Waals surface area (Å²) >= 11 is 0. The van der Waals surface area contributed by atoms with Gasteiger partial charge in [0.25, 0.3) is 17.0 Å². The van der Waals surface area contributed by atoms with Gasteiger partial charge in [0.2, 0.25) is 11.8 Å². The summed E-state index contributed by atoms with van der Waals surface area (Å²) in [5.41, 5.74) is -2.31. The number of hydrogen-bond acceptors (Lipinski definition) is 5. The van der Waals surface area contributed by atoms with Gasteiger partial charge in [0.15, 0.2) is 0 Å². The number of nitrogens with one attached hydrogen (secondary N) is 2. The van der Waals surface area contributed by atoms with Crippen LogP contribution in [0.25, 0.3) is 0 Å². The molecule has 1 aliphatic heterocycles. The maximum atomic E-state index is 12.2. The fourth-order valence-electron chi connectivity index (χ4n) is 1.98. The molecule has 1 saturated heterocycles. The zero-order valence-electron chi connectivity index (χ0n) is 11.5. The van der Waals surface area contributed by atoms with Crippen molar-refractivity contribution in [2.45, 2.75) is 25.9 Å². The summed E-state index contributed by atoms with van der Waals surface area (Å²) in [6.45, 7) is 2.23. The number of rotatable bonds is 2. The third-order valence-electron chi connectivity index (χ3n) is 3.27. The van der Waals surface area contributed by atoms with Crippen LogP contribution >= 0.6 is 0 Å². The van der Waals surface area contributed by atoms with E-state index in [1.807, 2.05) is 0 Å². The highest BCUT2D eigenvalue weighted by molar-refractivity contribution is 6.06. The second-order valence-corrected chi connectivity index (χ2v) is 5.15. The minimum atomic E-state index is -1.22. The van der Waals surface area contributed by atoms with Gasteiger partial charge in [0.1, 0.15) is 18.6 Å². The Morgan fingerprint density at radius 2 is 1.90 bits per heavy atom. The average molecular weight is 294 g/mol. The molecule has 0 aromatic carbocycles. The Bertz CT molecular complexity index is 730. The van der Waals surface area contributed by atoms with Crippen LogP contribution in [0, 0.1) is 0 Å². The fraction of sp³-hybridized carbons (Fsp3) is 0.417. The highest BCUT2D eigenvalue weighted by Crippen LogP contribution is 2.18. The second-order valence-electron chi connectivity index (χ2n) is 5.15. The number of carbonyl (C=O) groups is 3. The number of aromatic nitrogens is 2. The zero-order valence-corrected chi connectivity index (χ0v) is 11.5. The molecule has 1 aromatic heterocycles. The molecule has 1 fully saturated rings. The van der Waals surface area contributed by atoms with Crippen LogP contribution < -0.4 is 16.4 Å². The summed E-state index contributed by atoms with van der Waals surface area (Å²) in [5, 5.41) is 4.35. The highest BCUT2D eigenvalue weighted by Gasteiger charge is 2.43. The second kappa shape index (κ2) is 5.00. The van der Waals surface area contributed by atoms with Gasteiger partial charge in [-0.2, -0.15) is 0 Å². The van der Waals surface area contributed by atoms with Gasteiger partial charge in [-0.15, -0.1) is 0 Å². The van der Waals surface area contributed by atoms with Crippen LogP contribution in [0.3, 0.4) is 0 Å². The first kappa shape index (κ1) is 14.7. The monoisotopic (exact) mass is 294 g/mol. The smallest absolute Gasteiger partial charge is 0.265 e. The van der Waals surface area contributed by atoms with Crippen LogP contribution in [0.1, 0.15) is 13.8 Å². The predicted molar refractivity (Wildman–Crippen MR) is 70.3 cm³/mol. The van der Waals surface area contributed by atoms with Crippen molar-refractivity contribution >= 4 is 17.7 Å². The Labute approximate surface area is 118 Å². The minimum Gasteiger partial charge on any atom is -0.318 e. The lowest BCUT2D eigenvalue weighted by molar-refractivity contribution is -0.156. The topological polar surface area (TPSA) is 121 Å². The molecule has 9 heteroatoms. The number of hydrogen-bond donors (Lipinski definition) is 2. The van der Waals surface area contributed by atoms with Crippen molar-refractivity contribution in [2.75, 3.05) is 6.54 Å². The molecule has 9 nitrogen and oxygen atoms in total. The average Bonchev–Trinajstić information content (AvgIpc) is 2.38. The normalized spacial score (nSPS) is 17.5. The molecule has 0 spiro atoms. The highest BCUT2D eigenvalue weighted by atomic mass is 16.2. The van der Waals surface area contributed by atoms with Crippen molar-refractivity contribution in [3.8, 4) is 0 Å². The maximum absolute atomic E-state index is 12.2. The standard InChI is InChI=1S/C12H14N4O5/c1-12(2)11(21)13-8(18)5-15(12)10(20)6-16-9(19)4-3-7(17)14-16/h3-4H,5-6H2,1-2H3,(H,14,17)(H,13,18,21). The summed E-state index contributed by atoms with van der Waals surface area (Å²) in [6.07, 6.45) is 0. The van der Waals surface area contributed by atoms with Crippen LogP contribution in [0.5, 0.6) is 0 Å². The van der Waals surface area contributed by atoms with E-state index < -0.39 is 40.9 Å². The SMILES string of the molecule is CC1(C)C(=O)NC(=O)CN1C(=O)Cn1[nH]c(=O)ccc1=O. The lowest BCUT2D eigenvalue weighted by atomic mass is 9.98. The lowest BCUT2D eigenvalue weighted by Crippen LogP contribution is -2.66. The molecule has 2 rings (SSSR count). The van der Waals surface area contributed by atoms with E-state index in [4.69, 9.17) is 0 Å². The number of carbonyl (C=O) groups excluding carboxylic acids is 3. The van der Waals surface area contributed by atoms with E-state index in [9.17, 15) is 24.0 Å². The van der Waals surface area contributed by atoms with E-state index in [1.165, 1.54) is 13.8 Å². The number of imide groups is 1. The van der Waals surface area contributed by atoms with Crippen molar-refractivity contribution in [3.05, 3.63) is 32.8 Å². The molecular formula is C12H14N4O5. The van der Waals surface area contributed by atoms with Gasteiger partial charge in [-0.1, -0.05) is 0 Å². The molecular weight excluding hydrogens is 280 g/mol. The predicted octanol–water partition coefficient (Wildman–Crippen LogP) is -2.20. The van der Waals surface area contributed by atoms with Gasteiger partial charge < -0.3 is 4.90 Å². The van der Waals surface area contributed by atoms with Gasteiger partial charge in [0, 0.05) is 12.1 Å². The molecule has 0 unspecified atom stereocenters. The van der Waals surface area contributed by atoms with Crippen LogP contribution in [0.2, 0.25) is 0 Å². The van der Waals surface area contributed by atoms with Gasteiger partial charge >= 0.3 is 0 Å². The Kier molecular flexibility index (Phi) is 3.50. The Hall–Kier alpha value is -2.71. The van der Waals surface area contributed by atoms with Crippen molar-refractivity contribution in [2.24, 2.45) is 0 Å². The number of piperazine rings is 1. The largest absolute Gasteiger partial charge is 0.318 e. The molecule has 2 N–H and O–H groups in total. The molecule has 0 atom stereocenters. The van der Waals surface area contributed by atoms with Crippen molar-refractivity contribution < 1.29 is 14.4 Å². The fourth-order valence-corrected chi connectivity index (χ4v) is 1.98. The van der Waals surface area contributed by atoms with Crippen molar-refractivity contribution in [1.82, 2.24) is 20.0 Å². The van der Waals surface area contributed by atoms with Gasteiger partial charge in [-0.3, -0.25) is 34.4 Å². The Balaban J connectivity index is 2.29. The molecule has 2 heterocycles. The van der Waals surface area contributed by atoms with E-state index in [-0.39, 0.29) is 6.54 Å². The lowest BCUT2D eigenvalue weighted by Gasteiger charge is -2.40. The number of amides is 3. The van der Waals surface area contributed by atoms with E-state index in [0.29, 0.717) is 0 Å². The summed E-state index contributed by atoms with van der Waals surface area (Å²) in [6, 6.07) is 2.08. The van der Waals surface area contributed by atoms with Crippen LogP contribution in [0.15, 0.2) is 21.7 Å². The van der Waals surface area contributed by atoms with E-state index in [2.05, 4.69) is 10.4 Å². The van der Waals surface area contributed by atoms with E-state index in [1.54, 1.807) is 0 Å². The summed E-state index contributed by atoms with van der Waals surface area (Å²) < 4.78 is 0.831. The van der Waals surface area contributed by atoms with Crippen molar-refractivity contribution in [1.29, 1.82) is 0 Å². The van der Waals surface area contributed by atoms with E-state index in [0.717, 1.165) is 21.7 Å². The van der Waals surface area contributed by atoms with Gasteiger partial charge in [0.05, 0.1) is 0 Å². The molecule has 0 aliphatic carbocycles. The molecule has 1 aromatic rings. The van der Waals surface area contributed by atoms with Crippen LogP contribution in [-0.4, -0.2) is 44.5 Å². The van der Waals surface area contributed by atoms with E-state index >= 15 is 0 Å². The Morgan fingerprint density at radius 1 is 1.24 bits per heavy atom. The quantitative estimate of drug-likeness (QED) is 0.600. The summed E-state index contributed by atoms with van der Waals surface area (Å²) in [7, 11) is 0. The first-order valence-corrected chi connectivity index (χ1v) is 6.17. The first-order valence-electron chi connectivity index (χ1n) is 6.17. The summed E-state index contributed by atoms with van der Waals surface area (Å²) in [4.78, 5) is 59.2. The molecule has 112 valence electrons. The molecule has 1 aliphatic rings. The first-order chi connectivity index (χ1) is 9.71. The summed E-state index contributed by atoms with van der Waals surface area (Å²) in [5.74, 6) is -1.81. The maximum Gasteiger partial charge on any atom is 0.265 e. The zero-order chi connectivity index (χ0) is 15.8. The van der Waals surface area contributed by atoms with Crippen LogP contribution in [-0.2, 0) is 20.9 Å². The minimum absolute atomic E-state index is 0.288. The third-order valence-corrected chi connectivity index (χ3v) is 3.27. The van der Waals surface area contributed by atoms with Crippen molar-refractivity contribution in [3.63, 3.8) is 0 Å². The van der Waals surface area contributed by atoms with Gasteiger partial charge in [-0.05, 0) is 13.8 Å². The number of H-pyrrole nitrogens is 1. The number of aromatic amines is 1. The third kappa shape index (κ3) is 2.76.